The minimum Gasteiger partial charge on any atom is -0.493 e. The van der Waals surface area contributed by atoms with Gasteiger partial charge < -0.3 is 9.47 Å². The number of hydrogen-bond donors (Lipinski definition) is 0. The molecule has 1 heterocycles. The monoisotopic (exact) mass is 446 g/mol. The van der Waals surface area contributed by atoms with Crippen LogP contribution in [0.25, 0.3) is 0 Å². The number of methoxy groups -OCH3 is 2. The van der Waals surface area contributed by atoms with Crippen molar-refractivity contribution in [2.45, 2.75) is 11.4 Å². The van der Waals surface area contributed by atoms with E-state index in [1.165, 1.54) is 24.6 Å². The molecule has 2 aromatic rings. The Morgan fingerprint density at radius 2 is 1.64 bits per heavy atom. The third kappa shape index (κ3) is 5.10. The van der Waals surface area contributed by atoms with Crippen molar-refractivity contribution in [1.29, 1.82) is 0 Å². The van der Waals surface area contributed by atoms with Crippen LogP contribution in [0.15, 0.2) is 47.4 Å². The summed E-state index contributed by atoms with van der Waals surface area (Å²) in [6.45, 7) is 2.97. The quantitative estimate of drug-likeness (QED) is 0.681. The highest BCUT2D eigenvalue weighted by Crippen LogP contribution is 2.31. The van der Waals surface area contributed by atoms with Crippen molar-refractivity contribution >= 4 is 34.0 Å². The van der Waals surface area contributed by atoms with Crippen LogP contribution in [0.4, 0.5) is 0 Å². The largest absolute Gasteiger partial charge is 0.493 e. The standard InChI is InChI=1S/C19H23ClN2O4S.ClH/c1-25-18-7-6-17(13-19(18)26-2)27(23,24)22-10-8-21(9-11-22)14-15-4-3-5-16(20)12-15;/h3-7,12-13H,8-11,14H2,1-2H3;1H. The fraction of sp³-hybridized carbons (Fsp3) is 0.368. The van der Waals surface area contributed by atoms with Crippen LogP contribution >= 0.6 is 24.0 Å². The molecule has 0 N–H and O–H groups in total. The maximum absolute atomic E-state index is 13.0. The van der Waals surface area contributed by atoms with Crippen LogP contribution in [0.3, 0.4) is 0 Å². The first kappa shape index (κ1) is 22.8. The molecule has 0 atom stereocenters. The van der Waals surface area contributed by atoms with Gasteiger partial charge in [0.2, 0.25) is 10.0 Å². The molecular formula is C19H24Cl2N2O4S. The Labute approximate surface area is 177 Å². The Kier molecular flexibility index (Phi) is 7.97. The fourth-order valence-electron chi connectivity index (χ4n) is 3.15. The molecule has 0 bridgehead atoms. The Morgan fingerprint density at radius 1 is 0.964 bits per heavy atom. The molecule has 3 rings (SSSR count). The van der Waals surface area contributed by atoms with E-state index in [9.17, 15) is 8.42 Å². The van der Waals surface area contributed by atoms with Crippen molar-refractivity contribution in [1.82, 2.24) is 9.21 Å². The van der Waals surface area contributed by atoms with Gasteiger partial charge in [-0.1, -0.05) is 23.7 Å². The summed E-state index contributed by atoms with van der Waals surface area (Å²) in [5.74, 6) is 0.904. The zero-order chi connectivity index (χ0) is 19.4. The first-order chi connectivity index (χ1) is 12.9. The maximum Gasteiger partial charge on any atom is 0.243 e. The number of rotatable bonds is 6. The fourth-order valence-corrected chi connectivity index (χ4v) is 4.80. The average Bonchev–Trinajstić information content (AvgIpc) is 2.68. The van der Waals surface area contributed by atoms with E-state index in [-0.39, 0.29) is 17.3 Å². The van der Waals surface area contributed by atoms with Gasteiger partial charge in [-0.2, -0.15) is 4.31 Å². The van der Waals surface area contributed by atoms with Crippen LogP contribution in [0, 0.1) is 0 Å². The molecule has 0 amide bonds. The van der Waals surface area contributed by atoms with Crippen LogP contribution in [0.1, 0.15) is 5.56 Å². The van der Waals surface area contributed by atoms with Gasteiger partial charge >= 0.3 is 0 Å². The molecule has 0 spiro atoms. The van der Waals surface area contributed by atoms with Gasteiger partial charge in [-0.05, 0) is 29.8 Å². The molecule has 1 fully saturated rings. The predicted molar refractivity (Wildman–Crippen MR) is 112 cm³/mol. The Hall–Kier alpha value is -1.51. The average molecular weight is 447 g/mol. The summed E-state index contributed by atoms with van der Waals surface area (Å²) in [5, 5.41) is 0.710. The van der Waals surface area contributed by atoms with Crippen molar-refractivity contribution in [2.24, 2.45) is 0 Å². The summed E-state index contributed by atoms with van der Waals surface area (Å²) in [5.41, 5.74) is 1.12. The van der Waals surface area contributed by atoms with E-state index in [4.69, 9.17) is 21.1 Å². The molecule has 0 unspecified atom stereocenters. The smallest absolute Gasteiger partial charge is 0.243 e. The van der Waals surface area contributed by atoms with E-state index < -0.39 is 10.0 Å². The highest BCUT2D eigenvalue weighted by Gasteiger charge is 2.29. The van der Waals surface area contributed by atoms with E-state index in [0.29, 0.717) is 42.7 Å². The topological polar surface area (TPSA) is 59.1 Å². The van der Waals surface area contributed by atoms with Crippen LogP contribution in [0.5, 0.6) is 11.5 Å². The first-order valence-corrected chi connectivity index (χ1v) is 10.4. The summed E-state index contributed by atoms with van der Waals surface area (Å²) in [4.78, 5) is 2.44. The molecule has 154 valence electrons. The highest BCUT2D eigenvalue weighted by molar-refractivity contribution is 7.89. The number of ether oxygens (including phenoxy) is 2. The molecule has 9 heteroatoms. The van der Waals surface area contributed by atoms with Gasteiger partial charge in [-0.25, -0.2) is 8.42 Å². The Morgan fingerprint density at radius 3 is 2.25 bits per heavy atom. The normalized spacial score (nSPS) is 15.7. The zero-order valence-electron chi connectivity index (χ0n) is 15.8. The van der Waals surface area contributed by atoms with Crippen LogP contribution in [0.2, 0.25) is 5.02 Å². The van der Waals surface area contributed by atoms with Crippen molar-refractivity contribution in [2.75, 3.05) is 40.4 Å². The third-order valence-corrected chi connectivity index (χ3v) is 6.75. The molecule has 0 saturated carbocycles. The molecule has 28 heavy (non-hydrogen) atoms. The summed E-state index contributed by atoms with van der Waals surface area (Å²) in [6.07, 6.45) is 0. The van der Waals surface area contributed by atoms with Gasteiger partial charge in [0.25, 0.3) is 0 Å². The molecule has 0 aromatic heterocycles. The number of piperazine rings is 1. The lowest BCUT2D eigenvalue weighted by Crippen LogP contribution is -2.48. The second kappa shape index (κ2) is 9.80. The highest BCUT2D eigenvalue weighted by atomic mass is 35.5. The molecule has 0 radical (unpaired) electrons. The minimum atomic E-state index is -3.57. The lowest BCUT2D eigenvalue weighted by molar-refractivity contribution is 0.181. The Balaban J connectivity index is 0.00000280. The van der Waals surface area contributed by atoms with Crippen molar-refractivity contribution in [3.8, 4) is 11.5 Å². The van der Waals surface area contributed by atoms with E-state index in [2.05, 4.69) is 4.90 Å². The third-order valence-electron chi connectivity index (χ3n) is 4.62. The molecule has 2 aromatic carbocycles. The van der Waals surface area contributed by atoms with E-state index in [0.717, 1.165) is 12.1 Å². The van der Waals surface area contributed by atoms with Gasteiger partial charge in [0, 0.05) is 43.8 Å². The molecule has 6 nitrogen and oxygen atoms in total. The van der Waals surface area contributed by atoms with Gasteiger partial charge in [0.05, 0.1) is 19.1 Å². The zero-order valence-corrected chi connectivity index (χ0v) is 18.2. The number of benzene rings is 2. The van der Waals surface area contributed by atoms with Gasteiger partial charge in [0.15, 0.2) is 11.5 Å². The number of sulfonamides is 1. The molecule has 1 saturated heterocycles. The van der Waals surface area contributed by atoms with Crippen molar-refractivity contribution in [3.05, 3.63) is 53.1 Å². The van der Waals surface area contributed by atoms with Crippen LogP contribution < -0.4 is 9.47 Å². The number of halogens is 2. The first-order valence-electron chi connectivity index (χ1n) is 8.63. The lowest BCUT2D eigenvalue weighted by atomic mass is 10.2. The summed E-state index contributed by atoms with van der Waals surface area (Å²) in [6, 6.07) is 12.4. The molecule has 1 aliphatic heterocycles. The van der Waals surface area contributed by atoms with E-state index >= 15 is 0 Å². The molecular weight excluding hydrogens is 423 g/mol. The summed E-state index contributed by atoms with van der Waals surface area (Å²) in [7, 11) is -0.565. The number of nitrogens with zero attached hydrogens (tertiary/aromatic N) is 2. The predicted octanol–water partition coefficient (Wildman–Crippen LogP) is 3.29. The summed E-state index contributed by atoms with van der Waals surface area (Å²) >= 11 is 6.03. The lowest BCUT2D eigenvalue weighted by Gasteiger charge is -2.34. The van der Waals surface area contributed by atoms with Gasteiger partial charge in [0.1, 0.15) is 0 Å². The van der Waals surface area contributed by atoms with Crippen LogP contribution in [-0.2, 0) is 16.6 Å². The SMILES string of the molecule is COc1ccc(S(=O)(=O)N2CCN(Cc3cccc(Cl)c3)CC2)cc1OC.Cl. The minimum absolute atomic E-state index is 0. The van der Waals surface area contributed by atoms with E-state index in [1.807, 2.05) is 24.3 Å². The summed E-state index contributed by atoms with van der Waals surface area (Å²) < 4.78 is 37.8. The maximum atomic E-state index is 13.0. The van der Waals surface area contributed by atoms with Crippen LogP contribution in [-0.4, -0.2) is 58.0 Å². The second-order valence-electron chi connectivity index (χ2n) is 6.33. The number of hydrogen-bond acceptors (Lipinski definition) is 5. The molecule has 0 aliphatic carbocycles. The van der Waals surface area contributed by atoms with Gasteiger partial charge in [-0.3, -0.25) is 4.90 Å². The van der Waals surface area contributed by atoms with E-state index in [1.54, 1.807) is 12.1 Å². The molecule has 1 aliphatic rings. The second-order valence-corrected chi connectivity index (χ2v) is 8.70. The van der Waals surface area contributed by atoms with Crippen molar-refractivity contribution < 1.29 is 17.9 Å². The Bertz CT molecular complexity index is 901. The van der Waals surface area contributed by atoms with Gasteiger partial charge in [-0.15, -0.1) is 12.4 Å². The van der Waals surface area contributed by atoms with Crippen molar-refractivity contribution in [3.63, 3.8) is 0 Å².